The van der Waals surface area contributed by atoms with Crippen molar-refractivity contribution >= 4 is 113 Å². The predicted molar refractivity (Wildman–Crippen MR) is 140 cm³/mol. The Hall–Kier alpha value is -2.69. The maximum Gasteiger partial charge on any atom is 0.354 e. The number of fused-ring (bicyclic) bond motifs is 7. The molecule has 0 aliphatic heterocycles. The molecule has 7 rings (SSSR count). The van der Waals surface area contributed by atoms with Crippen LogP contribution >= 0.6 is 57.2 Å². The number of benzene rings is 2. The number of rotatable bonds is 2. The van der Waals surface area contributed by atoms with Gasteiger partial charge < -0.3 is 10.0 Å². The van der Waals surface area contributed by atoms with E-state index in [-0.39, 0.29) is 11.5 Å². The lowest BCUT2D eigenvalue weighted by Crippen LogP contribution is -2.20. The van der Waals surface area contributed by atoms with Crippen LogP contribution in [0.25, 0.3) is 54.7 Å². The molecule has 32 heavy (non-hydrogen) atoms. The van der Waals surface area contributed by atoms with Crippen LogP contribution < -0.4 is 15.7 Å². The van der Waals surface area contributed by atoms with Gasteiger partial charge in [-0.15, -0.1) is 34.0 Å². The molecule has 0 aliphatic carbocycles. The second-order valence-corrected chi connectivity index (χ2v) is 11.7. The second-order valence-electron chi connectivity index (χ2n) is 7.37. The van der Waals surface area contributed by atoms with Gasteiger partial charge in [0.15, 0.2) is 0 Å². The van der Waals surface area contributed by atoms with Crippen molar-refractivity contribution in [3.05, 3.63) is 59.1 Å². The Kier molecular flexibility index (Phi) is 3.92. The summed E-state index contributed by atoms with van der Waals surface area (Å²) in [4.78, 5) is 16.1. The molecule has 0 spiro atoms. The molecular formula is C22H10ClN3O2S4. The summed E-state index contributed by atoms with van der Waals surface area (Å²) in [7, 11) is 0. The lowest BCUT2D eigenvalue weighted by Gasteiger charge is -1.99. The summed E-state index contributed by atoms with van der Waals surface area (Å²) in [5.41, 5.74) is 5.26. The minimum atomic E-state index is -0.368. The van der Waals surface area contributed by atoms with Crippen LogP contribution in [0.1, 0.15) is 0 Å². The molecule has 0 amide bonds. The van der Waals surface area contributed by atoms with Crippen LogP contribution in [0.2, 0.25) is 0 Å². The zero-order chi connectivity index (χ0) is 21.6. The van der Waals surface area contributed by atoms with E-state index in [0.717, 1.165) is 20.5 Å². The number of anilines is 1. The third-order valence-corrected chi connectivity index (χ3v) is 10.3. The number of hydrogen-bond acceptors (Lipinski definition) is 8. The van der Waals surface area contributed by atoms with Gasteiger partial charge in [0.05, 0.1) is 9.40 Å². The van der Waals surface area contributed by atoms with Crippen LogP contribution in [-0.2, 0) is 0 Å². The highest BCUT2D eigenvalue weighted by molar-refractivity contribution is 7.37. The Morgan fingerprint density at radius 2 is 1.50 bits per heavy atom. The zero-order valence-corrected chi connectivity index (χ0v) is 19.9. The van der Waals surface area contributed by atoms with Crippen molar-refractivity contribution in [2.75, 3.05) is 5.73 Å². The first-order valence-electron chi connectivity index (χ1n) is 9.47. The molecule has 10 heteroatoms. The average molecular weight is 512 g/mol. The molecular weight excluding hydrogens is 502 g/mol. The molecule has 0 saturated heterocycles. The van der Waals surface area contributed by atoms with Gasteiger partial charge in [-0.05, 0) is 47.2 Å². The first-order valence-corrected chi connectivity index (χ1v) is 13.0. The van der Waals surface area contributed by atoms with Crippen LogP contribution in [0, 0.1) is 0 Å². The quantitative estimate of drug-likeness (QED) is 0.263. The first-order chi connectivity index (χ1) is 15.6. The Morgan fingerprint density at radius 3 is 2.16 bits per heavy atom. The van der Waals surface area contributed by atoms with E-state index in [0.29, 0.717) is 5.06 Å². The van der Waals surface area contributed by atoms with Crippen LogP contribution in [0.3, 0.4) is 0 Å². The van der Waals surface area contributed by atoms with Gasteiger partial charge in [-0.3, -0.25) is 4.57 Å². The predicted octanol–water partition coefficient (Wildman–Crippen LogP) is 7.36. The van der Waals surface area contributed by atoms with E-state index in [1.54, 1.807) is 34.9 Å². The van der Waals surface area contributed by atoms with E-state index in [9.17, 15) is 4.79 Å². The number of hydrogen-bond donors (Lipinski definition) is 1. The smallest absolute Gasteiger partial charge is 0.354 e. The van der Waals surface area contributed by atoms with Gasteiger partial charge in [0.2, 0.25) is 5.06 Å². The Labute approximate surface area is 200 Å². The SMILES string of the molecule is Nc1ccn(-c2cc3cc4c(cc3s2)sc2c3cc5cc(OCl)sc5cc3sc42)c(=O)n1. The summed E-state index contributed by atoms with van der Waals surface area (Å²) >= 11 is 12.3. The van der Waals surface area contributed by atoms with Gasteiger partial charge in [0.1, 0.15) is 22.7 Å². The number of nitrogens with zero attached hydrogens (tertiary/aromatic N) is 2. The van der Waals surface area contributed by atoms with E-state index in [2.05, 4.69) is 29.2 Å². The summed E-state index contributed by atoms with van der Waals surface area (Å²) in [6.07, 6.45) is 1.67. The molecule has 0 fully saturated rings. The monoisotopic (exact) mass is 511 g/mol. The van der Waals surface area contributed by atoms with Gasteiger partial charge in [0, 0.05) is 41.8 Å². The zero-order valence-electron chi connectivity index (χ0n) is 15.9. The van der Waals surface area contributed by atoms with Crippen LogP contribution in [0.15, 0.2) is 53.5 Å². The molecule has 5 heterocycles. The van der Waals surface area contributed by atoms with E-state index < -0.39 is 0 Å². The second kappa shape index (κ2) is 6.66. The summed E-state index contributed by atoms with van der Waals surface area (Å²) in [6.45, 7) is 0. The Bertz CT molecular complexity index is 1920. The normalized spacial score (nSPS) is 12.2. The summed E-state index contributed by atoms with van der Waals surface area (Å²) < 4.78 is 13.8. The van der Waals surface area contributed by atoms with Crippen molar-refractivity contribution in [1.29, 1.82) is 0 Å². The average Bonchev–Trinajstić information content (AvgIpc) is 3.51. The highest BCUT2D eigenvalue weighted by atomic mass is 35.5. The highest BCUT2D eigenvalue weighted by Crippen LogP contribution is 2.48. The summed E-state index contributed by atoms with van der Waals surface area (Å²) in [6, 6.07) is 14.6. The lowest BCUT2D eigenvalue weighted by atomic mass is 10.2. The molecule has 5 nitrogen and oxygen atoms in total. The lowest BCUT2D eigenvalue weighted by molar-refractivity contribution is 0.638. The molecule has 0 radical (unpaired) electrons. The van der Waals surface area contributed by atoms with Crippen LogP contribution in [0.4, 0.5) is 5.82 Å². The topological polar surface area (TPSA) is 70.1 Å². The molecule has 0 atom stereocenters. The van der Waals surface area contributed by atoms with Gasteiger partial charge in [-0.25, -0.2) is 4.79 Å². The van der Waals surface area contributed by atoms with Crippen molar-refractivity contribution in [2.24, 2.45) is 0 Å². The summed E-state index contributed by atoms with van der Waals surface area (Å²) in [5, 5.41) is 6.31. The fourth-order valence-corrected chi connectivity index (χ4v) is 8.90. The van der Waals surface area contributed by atoms with Gasteiger partial charge in [-0.1, -0.05) is 11.3 Å². The Morgan fingerprint density at radius 1 is 0.844 bits per heavy atom. The third-order valence-electron chi connectivity index (χ3n) is 5.46. The molecule has 2 N–H and O–H groups in total. The van der Waals surface area contributed by atoms with Crippen molar-refractivity contribution in [3.8, 4) is 10.1 Å². The standard InChI is InChI=1S/C22H10ClN3O2S4/c23-28-19-6-10-4-12-16(8-14(10)30-19)32-20-11-3-9-5-18(26-2-1-17(24)25-22(26)27)29-13(9)7-15(11)31-21(12)20/h1-8H,(H2,24,25,27). The van der Waals surface area contributed by atoms with E-state index in [4.69, 9.17) is 21.9 Å². The summed E-state index contributed by atoms with van der Waals surface area (Å²) in [5.74, 6) is 0.228. The fourth-order valence-electron chi connectivity index (χ4n) is 4.03. The van der Waals surface area contributed by atoms with Crippen molar-refractivity contribution in [1.82, 2.24) is 9.55 Å². The maximum atomic E-state index is 12.3. The number of thiophene rings is 4. The maximum absolute atomic E-state index is 12.3. The van der Waals surface area contributed by atoms with E-state index >= 15 is 0 Å². The number of nitrogens with two attached hydrogens (primary N) is 1. The Balaban J connectivity index is 1.46. The number of halogens is 1. The first kappa shape index (κ1) is 18.8. The van der Waals surface area contributed by atoms with Crippen molar-refractivity contribution < 1.29 is 4.29 Å². The third kappa shape index (κ3) is 2.66. The van der Waals surface area contributed by atoms with Crippen molar-refractivity contribution in [2.45, 2.75) is 0 Å². The van der Waals surface area contributed by atoms with E-state index in [1.165, 1.54) is 38.8 Å². The number of nitrogen functional groups attached to an aromatic ring is 1. The highest BCUT2D eigenvalue weighted by Gasteiger charge is 2.16. The molecule has 0 unspecified atom stereocenters. The largest absolute Gasteiger partial charge is 0.383 e. The molecule has 156 valence electrons. The minimum absolute atomic E-state index is 0.228. The molecule has 0 aliphatic rings. The molecule has 0 saturated carbocycles. The van der Waals surface area contributed by atoms with Gasteiger partial charge in [0.25, 0.3) is 0 Å². The van der Waals surface area contributed by atoms with Crippen LogP contribution in [0.5, 0.6) is 5.06 Å². The molecule has 7 aromatic rings. The molecule has 2 aromatic carbocycles. The fraction of sp³-hybridized carbons (Fsp3) is 0. The van der Waals surface area contributed by atoms with Gasteiger partial charge in [-0.2, -0.15) is 4.98 Å². The molecule has 0 bridgehead atoms. The van der Waals surface area contributed by atoms with E-state index in [1.807, 2.05) is 34.8 Å². The van der Waals surface area contributed by atoms with Crippen LogP contribution in [-0.4, -0.2) is 9.55 Å². The van der Waals surface area contributed by atoms with Crippen molar-refractivity contribution in [3.63, 3.8) is 0 Å². The minimum Gasteiger partial charge on any atom is -0.383 e. The molecule has 5 aromatic heterocycles. The van der Waals surface area contributed by atoms with Gasteiger partial charge >= 0.3 is 5.69 Å². The number of aromatic nitrogens is 2.